The number of rotatable bonds is 6. The lowest BCUT2D eigenvalue weighted by molar-refractivity contribution is -0.386. The van der Waals surface area contributed by atoms with Crippen LogP contribution in [-0.2, 0) is 16.1 Å². The summed E-state index contributed by atoms with van der Waals surface area (Å²) in [4.78, 5) is 45.0. The van der Waals surface area contributed by atoms with Gasteiger partial charge in [0.05, 0.1) is 36.8 Å². The quantitative estimate of drug-likeness (QED) is 0.378. The third kappa shape index (κ3) is 4.02. The summed E-state index contributed by atoms with van der Waals surface area (Å²) in [6.45, 7) is 1.37. The fourth-order valence-corrected chi connectivity index (χ4v) is 1.47. The Bertz CT molecular complexity index is 618. The van der Waals surface area contributed by atoms with Gasteiger partial charge in [-0.1, -0.05) is 0 Å². The molecule has 2 N–H and O–H groups in total. The maximum atomic E-state index is 11.4. The van der Waals surface area contributed by atoms with E-state index in [0.717, 1.165) is 10.8 Å². The number of carbonyl (C=O) groups excluding carboxylic acids is 1. The topological polar surface area (TPSA) is 145 Å². The van der Waals surface area contributed by atoms with Crippen molar-refractivity contribution in [2.75, 3.05) is 6.61 Å². The van der Waals surface area contributed by atoms with Gasteiger partial charge in [-0.05, 0) is 6.92 Å². The molecule has 0 saturated carbocycles. The van der Waals surface area contributed by atoms with Gasteiger partial charge in [0, 0.05) is 0 Å². The number of H-pyrrole nitrogens is 1. The van der Waals surface area contributed by atoms with E-state index in [1.807, 2.05) is 0 Å². The summed E-state index contributed by atoms with van der Waals surface area (Å²) in [6.07, 6.45) is -0.916. The second-order valence-electron chi connectivity index (χ2n) is 3.85. The van der Waals surface area contributed by atoms with E-state index in [0.29, 0.717) is 0 Å². The zero-order valence-electron chi connectivity index (χ0n) is 10.6. The van der Waals surface area contributed by atoms with Crippen molar-refractivity contribution in [3.8, 4) is 0 Å². The highest BCUT2D eigenvalue weighted by Gasteiger charge is 2.18. The molecule has 1 aromatic heterocycles. The lowest BCUT2D eigenvalue weighted by atomic mass is 10.2. The van der Waals surface area contributed by atoms with E-state index < -0.39 is 33.9 Å². The zero-order valence-corrected chi connectivity index (χ0v) is 10.6. The number of aromatic nitrogens is 2. The summed E-state index contributed by atoms with van der Waals surface area (Å²) in [5, 5.41) is 20.2. The van der Waals surface area contributed by atoms with Gasteiger partial charge in [-0.2, -0.15) is 0 Å². The molecule has 0 fully saturated rings. The minimum atomic E-state index is -1.27. The summed E-state index contributed by atoms with van der Waals surface area (Å²) in [5.41, 5.74) is -2.87. The number of nitro groups is 1. The molecule has 10 nitrogen and oxygen atoms in total. The highest BCUT2D eigenvalue weighted by atomic mass is 16.6. The predicted molar refractivity (Wildman–Crippen MR) is 65.2 cm³/mol. The number of aliphatic hydroxyl groups is 1. The Morgan fingerprint density at radius 3 is 2.80 bits per heavy atom. The van der Waals surface area contributed by atoms with Gasteiger partial charge < -0.3 is 9.84 Å². The number of carbonyl (C=O) groups is 1. The lowest BCUT2D eigenvalue weighted by Crippen LogP contribution is -2.34. The molecular formula is C10H13N3O7. The summed E-state index contributed by atoms with van der Waals surface area (Å²) < 4.78 is 5.36. The molecule has 0 spiro atoms. The standard InChI is InChI=1S/C10H13N3O7/c1-2-20-8(15)3-6(14)4-12-5-7(13(18)19)9(16)11-10(12)17/h5-6,14H,2-4H2,1H3,(H,11,16,17). The number of aromatic amines is 1. The largest absolute Gasteiger partial charge is 0.466 e. The second kappa shape index (κ2) is 6.61. The van der Waals surface area contributed by atoms with Crippen molar-refractivity contribution in [3.63, 3.8) is 0 Å². The summed E-state index contributed by atoms with van der Waals surface area (Å²) >= 11 is 0. The van der Waals surface area contributed by atoms with Crippen LogP contribution in [0.2, 0.25) is 0 Å². The molecule has 0 aromatic carbocycles. The van der Waals surface area contributed by atoms with Crippen LogP contribution < -0.4 is 11.2 Å². The molecule has 10 heteroatoms. The smallest absolute Gasteiger partial charge is 0.350 e. The van der Waals surface area contributed by atoms with Crippen molar-refractivity contribution in [1.29, 1.82) is 0 Å². The van der Waals surface area contributed by atoms with Crippen LogP contribution in [0, 0.1) is 10.1 Å². The van der Waals surface area contributed by atoms with Gasteiger partial charge in [-0.25, -0.2) is 4.79 Å². The first-order valence-electron chi connectivity index (χ1n) is 5.67. The van der Waals surface area contributed by atoms with Crippen LogP contribution in [0.5, 0.6) is 0 Å². The van der Waals surface area contributed by atoms with E-state index in [9.17, 15) is 29.6 Å². The Morgan fingerprint density at radius 1 is 1.60 bits per heavy atom. The van der Waals surface area contributed by atoms with Crippen LogP contribution >= 0.6 is 0 Å². The number of aliphatic hydroxyl groups excluding tert-OH is 1. The van der Waals surface area contributed by atoms with Crippen molar-refractivity contribution in [1.82, 2.24) is 9.55 Å². The summed E-state index contributed by atoms with van der Waals surface area (Å²) in [5.74, 6) is -0.660. The highest BCUT2D eigenvalue weighted by Crippen LogP contribution is 2.02. The molecule has 0 aliphatic heterocycles. The number of esters is 1. The molecule has 0 amide bonds. The van der Waals surface area contributed by atoms with Crippen LogP contribution in [0.3, 0.4) is 0 Å². The van der Waals surface area contributed by atoms with Gasteiger partial charge in [0.15, 0.2) is 0 Å². The molecule has 0 aliphatic rings. The van der Waals surface area contributed by atoms with Crippen LogP contribution in [0.4, 0.5) is 5.69 Å². The number of ether oxygens (including phenoxy) is 1. The maximum Gasteiger partial charge on any atom is 0.350 e. The van der Waals surface area contributed by atoms with Gasteiger partial charge >= 0.3 is 22.9 Å². The lowest BCUT2D eigenvalue weighted by Gasteiger charge is -2.11. The predicted octanol–water partition coefficient (Wildman–Crippen LogP) is -1.24. The van der Waals surface area contributed by atoms with Crippen LogP contribution in [0.25, 0.3) is 0 Å². The van der Waals surface area contributed by atoms with Crippen molar-refractivity contribution in [3.05, 3.63) is 37.1 Å². The Kier molecular flexibility index (Phi) is 5.15. The van der Waals surface area contributed by atoms with Crippen molar-refractivity contribution >= 4 is 11.7 Å². The van der Waals surface area contributed by atoms with E-state index >= 15 is 0 Å². The van der Waals surface area contributed by atoms with E-state index in [1.54, 1.807) is 11.9 Å². The molecular weight excluding hydrogens is 274 g/mol. The third-order valence-corrected chi connectivity index (χ3v) is 2.30. The number of hydrogen-bond donors (Lipinski definition) is 2. The van der Waals surface area contributed by atoms with Crippen LogP contribution in [0.1, 0.15) is 13.3 Å². The second-order valence-corrected chi connectivity index (χ2v) is 3.85. The first kappa shape index (κ1) is 15.6. The fraction of sp³-hybridized carbons (Fsp3) is 0.500. The molecule has 1 atom stereocenters. The Hall–Kier alpha value is -2.49. The summed E-state index contributed by atoms with van der Waals surface area (Å²) in [7, 11) is 0. The number of nitrogens with zero attached hydrogens (tertiary/aromatic N) is 2. The number of nitrogens with one attached hydrogen (secondary N) is 1. The molecule has 20 heavy (non-hydrogen) atoms. The Labute approximate surface area is 111 Å². The van der Waals surface area contributed by atoms with Crippen LogP contribution in [0.15, 0.2) is 15.8 Å². The Morgan fingerprint density at radius 2 is 2.25 bits per heavy atom. The molecule has 1 aromatic rings. The first-order valence-corrected chi connectivity index (χ1v) is 5.67. The van der Waals surface area contributed by atoms with Gasteiger partial charge in [0.1, 0.15) is 0 Å². The molecule has 0 radical (unpaired) electrons. The minimum absolute atomic E-state index is 0.148. The van der Waals surface area contributed by atoms with Crippen molar-refractivity contribution < 1.29 is 19.6 Å². The molecule has 1 rings (SSSR count). The highest BCUT2D eigenvalue weighted by molar-refractivity contribution is 5.69. The SMILES string of the molecule is CCOC(=O)CC(O)Cn1cc([N+](=O)[O-])c(=O)[nH]c1=O. The first-order chi connectivity index (χ1) is 9.35. The van der Waals surface area contributed by atoms with Crippen LogP contribution in [-0.4, -0.2) is 38.3 Å². The zero-order chi connectivity index (χ0) is 15.3. The molecule has 0 bridgehead atoms. The fourth-order valence-electron chi connectivity index (χ4n) is 1.47. The molecule has 0 aliphatic carbocycles. The van der Waals surface area contributed by atoms with Crippen molar-refractivity contribution in [2.24, 2.45) is 0 Å². The molecule has 1 heterocycles. The number of hydrogen-bond acceptors (Lipinski definition) is 7. The van der Waals surface area contributed by atoms with E-state index in [2.05, 4.69) is 4.74 Å². The average molecular weight is 287 g/mol. The van der Waals surface area contributed by atoms with Gasteiger partial charge in [0.25, 0.3) is 0 Å². The Balaban J connectivity index is 2.90. The molecule has 1 unspecified atom stereocenters. The molecule has 110 valence electrons. The maximum absolute atomic E-state index is 11.4. The van der Waals surface area contributed by atoms with Gasteiger partial charge in [-0.15, -0.1) is 0 Å². The molecule has 0 saturated heterocycles. The monoisotopic (exact) mass is 287 g/mol. The van der Waals surface area contributed by atoms with Gasteiger partial charge in [-0.3, -0.25) is 29.3 Å². The van der Waals surface area contributed by atoms with E-state index in [-0.39, 0.29) is 19.6 Å². The third-order valence-electron chi connectivity index (χ3n) is 2.30. The van der Waals surface area contributed by atoms with Crippen molar-refractivity contribution in [2.45, 2.75) is 26.0 Å². The summed E-state index contributed by atoms with van der Waals surface area (Å²) in [6, 6.07) is 0. The average Bonchev–Trinajstić information content (AvgIpc) is 2.32. The minimum Gasteiger partial charge on any atom is -0.466 e. The normalized spacial score (nSPS) is 11.9. The van der Waals surface area contributed by atoms with E-state index in [4.69, 9.17) is 0 Å². The van der Waals surface area contributed by atoms with Gasteiger partial charge in [0.2, 0.25) is 0 Å². The van der Waals surface area contributed by atoms with E-state index in [1.165, 1.54) is 0 Å².